The fraction of sp³-hybridized carbons (Fsp3) is 0.500. The molecule has 1 aromatic heterocycles. The van der Waals surface area contributed by atoms with E-state index >= 15 is 0 Å². The van der Waals surface area contributed by atoms with Gasteiger partial charge < -0.3 is 14.4 Å². The minimum atomic E-state index is -0.307. The maximum atomic E-state index is 12.5. The summed E-state index contributed by atoms with van der Waals surface area (Å²) in [6.45, 7) is 6.65. The SMILES string of the molecule is CCOC(=O)c1cnc2ccc(OCC)cc2c1N1CCCCCC1. The number of rotatable bonds is 5. The molecular weight excluding hydrogens is 316 g/mol. The molecule has 0 spiro atoms. The number of hydrogen-bond acceptors (Lipinski definition) is 5. The second-order valence-corrected chi connectivity index (χ2v) is 6.25. The lowest BCUT2D eigenvalue weighted by Gasteiger charge is -2.26. The van der Waals surface area contributed by atoms with Crippen molar-refractivity contribution in [3.8, 4) is 5.75 Å². The molecule has 0 aliphatic carbocycles. The second kappa shape index (κ2) is 8.19. The molecule has 1 saturated heterocycles. The summed E-state index contributed by atoms with van der Waals surface area (Å²) >= 11 is 0. The van der Waals surface area contributed by atoms with Crippen LogP contribution >= 0.6 is 0 Å². The fourth-order valence-electron chi connectivity index (χ4n) is 3.41. The molecule has 2 aromatic rings. The van der Waals surface area contributed by atoms with E-state index in [0.717, 1.165) is 48.3 Å². The number of anilines is 1. The third-order valence-electron chi connectivity index (χ3n) is 4.54. The number of nitrogens with zero attached hydrogens (tertiary/aromatic N) is 2. The largest absolute Gasteiger partial charge is 0.494 e. The van der Waals surface area contributed by atoms with Gasteiger partial charge in [0.15, 0.2) is 0 Å². The summed E-state index contributed by atoms with van der Waals surface area (Å²) < 4.78 is 10.9. The van der Waals surface area contributed by atoms with Crippen molar-refractivity contribution in [3.63, 3.8) is 0 Å². The number of benzene rings is 1. The van der Waals surface area contributed by atoms with Crippen molar-refractivity contribution >= 4 is 22.6 Å². The number of carbonyl (C=O) groups is 1. The van der Waals surface area contributed by atoms with E-state index in [4.69, 9.17) is 9.47 Å². The van der Waals surface area contributed by atoms with Gasteiger partial charge in [-0.3, -0.25) is 4.98 Å². The minimum absolute atomic E-state index is 0.307. The Bertz CT molecular complexity index is 737. The van der Waals surface area contributed by atoms with Crippen molar-refractivity contribution in [1.29, 1.82) is 0 Å². The number of ether oxygens (including phenoxy) is 2. The average molecular weight is 342 g/mol. The van der Waals surface area contributed by atoms with Crippen LogP contribution < -0.4 is 9.64 Å². The molecule has 3 rings (SSSR count). The van der Waals surface area contributed by atoms with Crippen LogP contribution in [0, 0.1) is 0 Å². The molecule has 0 saturated carbocycles. The number of hydrogen-bond donors (Lipinski definition) is 0. The van der Waals surface area contributed by atoms with Crippen LogP contribution in [0.25, 0.3) is 10.9 Å². The Kier molecular flexibility index (Phi) is 5.74. The molecule has 0 unspecified atom stereocenters. The Morgan fingerprint density at radius 3 is 2.56 bits per heavy atom. The summed E-state index contributed by atoms with van der Waals surface area (Å²) in [4.78, 5) is 19.3. The van der Waals surface area contributed by atoms with Crippen LogP contribution in [0.4, 0.5) is 5.69 Å². The van der Waals surface area contributed by atoms with Crippen LogP contribution in [0.3, 0.4) is 0 Å². The minimum Gasteiger partial charge on any atom is -0.494 e. The van der Waals surface area contributed by atoms with Gasteiger partial charge in [-0.1, -0.05) is 12.8 Å². The monoisotopic (exact) mass is 342 g/mol. The van der Waals surface area contributed by atoms with Gasteiger partial charge in [0.2, 0.25) is 0 Å². The van der Waals surface area contributed by atoms with Crippen LogP contribution in [0.15, 0.2) is 24.4 Å². The normalized spacial score (nSPS) is 15.0. The van der Waals surface area contributed by atoms with Gasteiger partial charge in [0, 0.05) is 24.7 Å². The molecule has 134 valence electrons. The van der Waals surface area contributed by atoms with E-state index in [-0.39, 0.29) is 5.97 Å². The van der Waals surface area contributed by atoms with E-state index in [1.807, 2.05) is 32.0 Å². The molecule has 1 fully saturated rings. The zero-order valence-electron chi connectivity index (χ0n) is 15.1. The predicted molar refractivity (Wildman–Crippen MR) is 99.5 cm³/mol. The summed E-state index contributed by atoms with van der Waals surface area (Å²) in [6, 6.07) is 5.88. The van der Waals surface area contributed by atoms with E-state index in [2.05, 4.69) is 9.88 Å². The van der Waals surface area contributed by atoms with Gasteiger partial charge in [-0.2, -0.15) is 0 Å². The fourth-order valence-corrected chi connectivity index (χ4v) is 3.41. The summed E-state index contributed by atoms with van der Waals surface area (Å²) in [6.07, 6.45) is 6.40. The quantitative estimate of drug-likeness (QED) is 0.763. The molecule has 2 heterocycles. The lowest BCUT2D eigenvalue weighted by molar-refractivity contribution is 0.0527. The van der Waals surface area contributed by atoms with Gasteiger partial charge >= 0.3 is 5.97 Å². The van der Waals surface area contributed by atoms with Gasteiger partial charge in [0.1, 0.15) is 11.3 Å². The first-order chi connectivity index (χ1) is 12.2. The van der Waals surface area contributed by atoms with Crippen LogP contribution in [0.5, 0.6) is 5.75 Å². The second-order valence-electron chi connectivity index (χ2n) is 6.25. The first kappa shape index (κ1) is 17.5. The number of fused-ring (bicyclic) bond motifs is 1. The zero-order chi connectivity index (χ0) is 17.6. The zero-order valence-corrected chi connectivity index (χ0v) is 15.1. The molecule has 0 N–H and O–H groups in total. The highest BCUT2D eigenvalue weighted by atomic mass is 16.5. The highest BCUT2D eigenvalue weighted by Crippen LogP contribution is 2.34. The third-order valence-corrected chi connectivity index (χ3v) is 4.54. The maximum absolute atomic E-state index is 12.5. The summed E-state index contributed by atoms with van der Waals surface area (Å²) in [7, 11) is 0. The molecule has 1 aliphatic heterocycles. The van der Waals surface area contributed by atoms with Gasteiger partial charge in [-0.15, -0.1) is 0 Å². The van der Waals surface area contributed by atoms with Crippen molar-refractivity contribution in [2.75, 3.05) is 31.2 Å². The summed E-state index contributed by atoms with van der Waals surface area (Å²) in [5.74, 6) is 0.492. The molecule has 0 amide bonds. The highest BCUT2D eigenvalue weighted by Gasteiger charge is 2.22. The maximum Gasteiger partial charge on any atom is 0.341 e. The number of esters is 1. The molecule has 0 atom stereocenters. The molecule has 25 heavy (non-hydrogen) atoms. The Labute approximate surface area is 148 Å². The molecule has 1 aliphatic rings. The van der Waals surface area contributed by atoms with E-state index in [0.29, 0.717) is 18.8 Å². The van der Waals surface area contributed by atoms with Crippen LogP contribution in [0.2, 0.25) is 0 Å². The number of carbonyl (C=O) groups excluding carboxylic acids is 1. The number of pyridine rings is 1. The van der Waals surface area contributed by atoms with Crippen LogP contribution in [-0.4, -0.2) is 37.3 Å². The average Bonchev–Trinajstić information content (AvgIpc) is 2.90. The van der Waals surface area contributed by atoms with E-state index in [9.17, 15) is 4.79 Å². The molecule has 1 aromatic carbocycles. The van der Waals surface area contributed by atoms with E-state index in [1.165, 1.54) is 12.8 Å². The Morgan fingerprint density at radius 2 is 1.88 bits per heavy atom. The summed E-state index contributed by atoms with van der Waals surface area (Å²) in [5, 5.41) is 0.957. The smallest absolute Gasteiger partial charge is 0.341 e. The van der Waals surface area contributed by atoms with Gasteiger partial charge in [-0.25, -0.2) is 4.79 Å². The molecule has 0 radical (unpaired) electrons. The Hall–Kier alpha value is -2.30. The summed E-state index contributed by atoms with van der Waals surface area (Å²) in [5.41, 5.74) is 2.35. The molecule has 0 bridgehead atoms. The first-order valence-corrected chi connectivity index (χ1v) is 9.22. The predicted octanol–water partition coefficient (Wildman–Crippen LogP) is 4.19. The Balaban J connectivity index is 2.15. The third kappa shape index (κ3) is 3.86. The van der Waals surface area contributed by atoms with Gasteiger partial charge in [-0.05, 0) is 44.9 Å². The van der Waals surface area contributed by atoms with Crippen molar-refractivity contribution in [3.05, 3.63) is 30.0 Å². The van der Waals surface area contributed by atoms with E-state index < -0.39 is 0 Å². The molecular formula is C20H26N2O3. The Morgan fingerprint density at radius 1 is 1.12 bits per heavy atom. The number of aromatic nitrogens is 1. The van der Waals surface area contributed by atoms with E-state index in [1.54, 1.807) is 6.20 Å². The first-order valence-electron chi connectivity index (χ1n) is 9.22. The van der Waals surface area contributed by atoms with Crippen molar-refractivity contribution < 1.29 is 14.3 Å². The molecule has 5 heteroatoms. The lowest BCUT2D eigenvalue weighted by atomic mass is 10.1. The topological polar surface area (TPSA) is 51.7 Å². The lowest BCUT2D eigenvalue weighted by Crippen LogP contribution is -2.27. The van der Waals surface area contributed by atoms with Crippen molar-refractivity contribution in [1.82, 2.24) is 4.98 Å². The van der Waals surface area contributed by atoms with Crippen molar-refractivity contribution in [2.24, 2.45) is 0 Å². The van der Waals surface area contributed by atoms with Crippen LogP contribution in [0.1, 0.15) is 49.9 Å². The van der Waals surface area contributed by atoms with Gasteiger partial charge in [0.25, 0.3) is 0 Å². The molecule has 5 nitrogen and oxygen atoms in total. The highest BCUT2D eigenvalue weighted by molar-refractivity contribution is 6.05. The van der Waals surface area contributed by atoms with Crippen molar-refractivity contribution in [2.45, 2.75) is 39.5 Å². The van der Waals surface area contributed by atoms with Gasteiger partial charge in [0.05, 0.1) is 24.4 Å². The standard InChI is InChI=1S/C20H26N2O3/c1-3-24-15-9-10-18-16(13-15)19(22-11-7-5-6-8-12-22)17(14-21-18)20(23)25-4-2/h9-10,13-14H,3-8,11-12H2,1-2H3. The van der Waals surface area contributed by atoms with Crippen LogP contribution in [-0.2, 0) is 4.74 Å².